The summed E-state index contributed by atoms with van der Waals surface area (Å²) in [6.45, 7) is 13.6. The van der Waals surface area contributed by atoms with Gasteiger partial charge in [0.15, 0.2) is 5.17 Å². The van der Waals surface area contributed by atoms with Gasteiger partial charge in [-0.25, -0.2) is 0 Å². The van der Waals surface area contributed by atoms with E-state index in [4.69, 9.17) is 0 Å². The van der Waals surface area contributed by atoms with Gasteiger partial charge in [-0.1, -0.05) is 52.8 Å². The molecule has 1 N–H and O–H groups in total. The molecule has 100 valence electrons. The van der Waals surface area contributed by atoms with Gasteiger partial charge >= 0.3 is 0 Å². The first-order valence-electron chi connectivity index (χ1n) is 6.99. The van der Waals surface area contributed by atoms with Crippen molar-refractivity contribution in [3.05, 3.63) is 0 Å². The smallest absolute Gasteiger partial charge is 0.156 e. The summed E-state index contributed by atoms with van der Waals surface area (Å²) in [5.41, 5.74) is 0. The normalized spacial score (nSPS) is 20.5. The number of nitrogens with zero attached hydrogens (tertiary/aromatic N) is 1. The Labute approximate surface area is 111 Å². The minimum absolute atomic E-state index is 0.721. The fourth-order valence-corrected chi connectivity index (χ4v) is 3.57. The summed E-state index contributed by atoms with van der Waals surface area (Å²) in [5, 5.41) is 5.44. The molecule has 1 atom stereocenters. The SMILES string of the molecule is CCCC1CN=C(NCC(C(C)C)C(C)C)S1. The molecule has 0 radical (unpaired) electrons. The van der Waals surface area contributed by atoms with Crippen molar-refractivity contribution in [2.24, 2.45) is 22.7 Å². The Morgan fingerprint density at radius 3 is 2.47 bits per heavy atom. The fourth-order valence-electron chi connectivity index (χ4n) is 2.43. The quantitative estimate of drug-likeness (QED) is 0.782. The summed E-state index contributed by atoms with van der Waals surface area (Å²) in [6, 6.07) is 0. The summed E-state index contributed by atoms with van der Waals surface area (Å²) in [6.07, 6.45) is 2.55. The summed E-state index contributed by atoms with van der Waals surface area (Å²) in [7, 11) is 0. The van der Waals surface area contributed by atoms with E-state index in [1.807, 2.05) is 11.8 Å². The molecule has 1 rings (SSSR count). The minimum atomic E-state index is 0.721. The number of aliphatic imine (C=N–C) groups is 1. The van der Waals surface area contributed by atoms with Crippen molar-refractivity contribution in [3.63, 3.8) is 0 Å². The molecule has 0 aromatic heterocycles. The molecule has 2 nitrogen and oxygen atoms in total. The summed E-state index contributed by atoms with van der Waals surface area (Å²) in [5.74, 6) is 2.21. The van der Waals surface area contributed by atoms with Crippen LogP contribution in [0.5, 0.6) is 0 Å². The van der Waals surface area contributed by atoms with Crippen LogP contribution in [0.25, 0.3) is 0 Å². The lowest BCUT2D eigenvalue weighted by Crippen LogP contribution is -2.32. The average Bonchev–Trinajstić information content (AvgIpc) is 2.65. The number of thioether (sulfide) groups is 1. The highest BCUT2D eigenvalue weighted by atomic mass is 32.2. The molecule has 0 aromatic carbocycles. The van der Waals surface area contributed by atoms with E-state index in [-0.39, 0.29) is 0 Å². The molecular weight excluding hydrogens is 228 g/mol. The molecule has 1 unspecified atom stereocenters. The minimum Gasteiger partial charge on any atom is -0.365 e. The summed E-state index contributed by atoms with van der Waals surface area (Å²) in [4.78, 5) is 4.59. The van der Waals surface area contributed by atoms with E-state index < -0.39 is 0 Å². The maximum Gasteiger partial charge on any atom is 0.156 e. The van der Waals surface area contributed by atoms with Crippen LogP contribution in [0.15, 0.2) is 4.99 Å². The van der Waals surface area contributed by atoms with Crippen LogP contribution in [0.3, 0.4) is 0 Å². The van der Waals surface area contributed by atoms with Crippen molar-refractivity contribution in [3.8, 4) is 0 Å². The predicted octanol–water partition coefficient (Wildman–Crippen LogP) is 3.78. The van der Waals surface area contributed by atoms with E-state index in [1.165, 1.54) is 18.0 Å². The molecule has 0 bridgehead atoms. The van der Waals surface area contributed by atoms with Crippen LogP contribution in [0.1, 0.15) is 47.5 Å². The van der Waals surface area contributed by atoms with Crippen molar-refractivity contribution < 1.29 is 0 Å². The zero-order chi connectivity index (χ0) is 12.8. The molecular formula is C14H28N2S. The van der Waals surface area contributed by atoms with E-state index in [0.29, 0.717) is 0 Å². The van der Waals surface area contributed by atoms with Gasteiger partial charge in [0.25, 0.3) is 0 Å². The van der Waals surface area contributed by atoms with Crippen LogP contribution in [-0.4, -0.2) is 23.5 Å². The van der Waals surface area contributed by atoms with E-state index in [9.17, 15) is 0 Å². The Bertz CT molecular complexity index is 241. The van der Waals surface area contributed by atoms with Gasteiger partial charge in [0.2, 0.25) is 0 Å². The number of amidine groups is 1. The highest BCUT2D eigenvalue weighted by molar-refractivity contribution is 8.14. The molecule has 0 amide bonds. The molecule has 0 aromatic rings. The van der Waals surface area contributed by atoms with Gasteiger partial charge in [0.1, 0.15) is 0 Å². The second-order valence-electron chi connectivity index (χ2n) is 5.71. The molecule has 0 saturated heterocycles. The molecule has 1 heterocycles. The van der Waals surface area contributed by atoms with Crippen LogP contribution >= 0.6 is 11.8 Å². The largest absolute Gasteiger partial charge is 0.365 e. The lowest BCUT2D eigenvalue weighted by atomic mass is 9.86. The van der Waals surface area contributed by atoms with Crippen LogP contribution < -0.4 is 5.32 Å². The number of rotatable bonds is 6. The standard InChI is InChI=1S/C14H28N2S/c1-6-7-12-8-15-14(17-12)16-9-13(10(2)3)11(4)5/h10-13H,6-9H2,1-5H3,(H,15,16). The Morgan fingerprint density at radius 2 is 1.94 bits per heavy atom. The molecule has 1 aliphatic heterocycles. The second-order valence-corrected chi connectivity index (χ2v) is 7.00. The van der Waals surface area contributed by atoms with Crippen molar-refractivity contribution in [1.82, 2.24) is 5.32 Å². The maximum absolute atomic E-state index is 4.59. The molecule has 0 spiro atoms. The number of hydrogen-bond acceptors (Lipinski definition) is 3. The van der Waals surface area contributed by atoms with Gasteiger partial charge < -0.3 is 5.32 Å². The lowest BCUT2D eigenvalue weighted by molar-refractivity contribution is 0.288. The number of nitrogens with one attached hydrogen (secondary N) is 1. The third kappa shape index (κ3) is 4.90. The zero-order valence-corrected chi connectivity index (χ0v) is 12.8. The zero-order valence-electron chi connectivity index (χ0n) is 12.0. The Hall–Kier alpha value is -0.180. The molecule has 1 aliphatic rings. The van der Waals surface area contributed by atoms with Crippen LogP contribution in [0.2, 0.25) is 0 Å². The van der Waals surface area contributed by atoms with E-state index in [1.54, 1.807) is 0 Å². The first kappa shape index (κ1) is 14.9. The lowest BCUT2D eigenvalue weighted by Gasteiger charge is -2.25. The fraction of sp³-hybridized carbons (Fsp3) is 0.929. The van der Waals surface area contributed by atoms with Gasteiger partial charge in [-0.15, -0.1) is 0 Å². The first-order chi connectivity index (χ1) is 8.04. The number of hydrogen-bond donors (Lipinski definition) is 1. The predicted molar refractivity (Wildman–Crippen MR) is 79.8 cm³/mol. The second kappa shape index (κ2) is 7.30. The van der Waals surface area contributed by atoms with Gasteiger partial charge in [-0.05, 0) is 24.2 Å². The summed E-state index contributed by atoms with van der Waals surface area (Å²) >= 11 is 1.94. The van der Waals surface area contributed by atoms with E-state index in [0.717, 1.165) is 36.1 Å². The van der Waals surface area contributed by atoms with Crippen LogP contribution in [-0.2, 0) is 0 Å². The average molecular weight is 256 g/mol. The van der Waals surface area contributed by atoms with Gasteiger partial charge in [-0.2, -0.15) is 0 Å². The van der Waals surface area contributed by atoms with E-state index in [2.05, 4.69) is 44.9 Å². The Balaban J connectivity index is 2.31. The highest BCUT2D eigenvalue weighted by Gasteiger charge is 2.21. The van der Waals surface area contributed by atoms with Crippen molar-refractivity contribution >= 4 is 16.9 Å². The third-order valence-electron chi connectivity index (χ3n) is 3.53. The molecule has 0 fully saturated rings. The van der Waals surface area contributed by atoms with Crippen molar-refractivity contribution in [1.29, 1.82) is 0 Å². The summed E-state index contributed by atoms with van der Waals surface area (Å²) < 4.78 is 0. The van der Waals surface area contributed by atoms with Gasteiger partial charge in [0.05, 0.1) is 6.54 Å². The van der Waals surface area contributed by atoms with Crippen molar-refractivity contribution in [2.45, 2.75) is 52.7 Å². The highest BCUT2D eigenvalue weighted by Crippen LogP contribution is 2.25. The van der Waals surface area contributed by atoms with Gasteiger partial charge in [0, 0.05) is 11.8 Å². The van der Waals surface area contributed by atoms with Crippen LogP contribution in [0.4, 0.5) is 0 Å². The van der Waals surface area contributed by atoms with Crippen molar-refractivity contribution in [2.75, 3.05) is 13.1 Å². The Morgan fingerprint density at radius 1 is 1.29 bits per heavy atom. The first-order valence-corrected chi connectivity index (χ1v) is 7.87. The van der Waals surface area contributed by atoms with Crippen LogP contribution in [0, 0.1) is 17.8 Å². The third-order valence-corrected chi connectivity index (χ3v) is 4.74. The van der Waals surface area contributed by atoms with Gasteiger partial charge in [-0.3, -0.25) is 4.99 Å². The topological polar surface area (TPSA) is 24.4 Å². The Kier molecular flexibility index (Phi) is 6.39. The molecule has 0 aliphatic carbocycles. The monoisotopic (exact) mass is 256 g/mol. The molecule has 0 saturated carbocycles. The maximum atomic E-state index is 4.59. The molecule has 3 heteroatoms. The van der Waals surface area contributed by atoms with E-state index >= 15 is 0 Å². The molecule has 17 heavy (non-hydrogen) atoms.